The molecule has 2 rings (SSSR count). The summed E-state index contributed by atoms with van der Waals surface area (Å²) in [6.45, 7) is 1.88. The van der Waals surface area contributed by atoms with Gasteiger partial charge in [0.15, 0.2) is 6.29 Å². The molecule has 3 heteroatoms. The summed E-state index contributed by atoms with van der Waals surface area (Å²) < 4.78 is 13.7. The lowest BCUT2D eigenvalue weighted by Crippen LogP contribution is -1.91. The van der Waals surface area contributed by atoms with Crippen LogP contribution in [0.5, 0.6) is 0 Å². The van der Waals surface area contributed by atoms with Gasteiger partial charge in [0.05, 0.1) is 0 Å². The lowest BCUT2D eigenvalue weighted by Gasteiger charge is -2.08. The molecule has 0 saturated carbocycles. The second kappa shape index (κ2) is 4.68. The molecule has 0 unspecified atom stereocenters. The molecular weight excluding hydrogens is 239 g/mol. The number of rotatable bonds is 2. The van der Waals surface area contributed by atoms with Gasteiger partial charge in [-0.05, 0) is 36.8 Å². The predicted octanol–water partition coefficient (Wildman–Crippen LogP) is 4.27. The lowest BCUT2D eigenvalue weighted by molar-refractivity contribution is 0.112. The molecule has 0 heterocycles. The minimum atomic E-state index is -0.388. The zero-order chi connectivity index (χ0) is 12.4. The van der Waals surface area contributed by atoms with Gasteiger partial charge in [-0.2, -0.15) is 0 Å². The quantitative estimate of drug-likeness (QED) is 0.726. The van der Waals surface area contributed by atoms with Crippen molar-refractivity contribution >= 4 is 17.9 Å². The average Bonchev–Trinajstić information content (AvgIpc) is 2.32. The summed E-state index contributed by atoms with van der Waals surface area (Å²) in [6, 6.07) is 9.59. The average molecular weight is 249 g/mol. The Morgan fingerprint density at radius 1 is 1.12 bits per heavy atom. The van der Waals surface area contributed by atoms with Crippen molar-refractivity contribution in [2.45, 2.75) is 6.92 Å². The van der Waals surface area contributed by atoms with Crippen LogP contribution in [0.1, 0.15) is 15.9 Å². The number of hydrogen-bond donors (Lipinski definition) is 0. The smallest absolute Gasteiger partial charge is 0.150 e. The number of aryl methyl sites for hydroxylation is 1. The van der Waals surface area contributed by atoms with Gasteiger partial charge in [0.2, 0.25) is 0 Å². The maximum Gasteiger partial charge on any atom is 0.150 e. The first-order chi connectivity index (χ1) is 8.11. The number of benzene rings is 2. The Labute approximate surface area is 104 Å². The van der Waals surface area contributed by atoms with Gasteiger partial charge in [-0.3, -0.25) is 4.79 Å². The van der Waals surface area contributed by atoms with Crippen LogP contribution in [0.15, 0.2) is 36.4 Å². The van der Waals surface area contributed by atoms with Gasteiger partial charge in [0.1, 0.15) is 5.82 Å². The molecule has 0 radical (unpaired) electrons. The minimum Gasteiger partial charge on any atom is -0.298 e. The highest BCUT2D eigenvalue weighted by molar-refractivity contribution is 6.30. The van der Waals surface area contributed by atoms with E-state index in [1.54, 1.807) is 12.1 Å². The fourth-order valence-electron chi connectivity index (χ4n) is 1.73. The molecule has 0 aromatic heterocycles. The Hall–Kier alpha value is -1.67. The molecule has 0 bridgehead atoms. The van der Waals surface area contributed by atoms with Crippen LogP contribution in [0.25, 0.3) is 11.1 Å². The molecule has 0 N–H and O–H groups in total. The first-order valence-electron chi connectivity index (χ1n) is 5.13. The monoisotopic (exact) mass is 248 g/mol. The van der Waals surface area contributed by atoms with E-state index in [9.17, 15) is 9.18 Å². The molecule has 0 saturated heterocycles. The third kappa shape index (κ3) is 2.37. The predicted molar refractivity (Wildman–Crippen MR) is 67.0 cm³/mol. The summed E-state index contributed by atoms with van der Waals surface area (Å²) in [7, 11) is 0. The number of carbonyl (C=O) groups is 1. The molecule has 0 spiro atoms. The molecule has 0 aliphatic carbocycles. The second-order valence-electron chi connectivity index (χ2n) is 3.83. The molecule has 0 atom stereocenters. The standard InChI is InChI=1S/C14H10ClFO/c1-9-2-4-12(10(6-9)8-17)13-7-11(15)3-5-14(13)16/h2-8H,1H3. The Balaban J connectivity index is 2.67. The van der Waals surface area contributed by atoms with Crippen molar-refractivity contribution in [1.82, 2.24) is 0 Å². The third-order valence-corrected chi connectivity index (χ3v) is 2.79. The second-order valence-corrected chi connectivity index (χ2v) is 4.27. The highest BCUT2D eigenvalue weighted by atomic mass is 35.5. The SMILES string of the molecule is Cc1ccc(-c2cc(Cl)ccc2F)c(C=O)c1. The molecule has 0 aliphatic heterocycles. The Bertz CT molecular complexity index is 578. The van der Waals surface area contributed by atoms with Crippen LogP contribution < -0.4 is 0 Å². The van der Waals surface area contributed by atoms with Gasteiger partial charge in [0.25, 0.3) is 0 Å². The van der Waals surface area contributed by atoms with Gasteiger partial charge >= 0.3 is 0 Å². The van der Waals surface area contributed by atoms with Crippen molar-refractivity contribution in [2.75, 3.05) is 0 Å². The Morgan fingerprint density at radius 2 is 1.88 bits per heavy atom. The van der Waals surface area contributed by atoms with Gasteiger partial charge in [0, 0.05) is 16.1 Å². The highest BCUT2D eigenvalue weighted by Gasteiger charge is 2.10. The fraction of sp³-hybridized carbons (Fsp3) is 0.0714. The zero-order valence-electron chi connectivity index (χ0n) is 9.21. The van der Waals surface area contributed by atoms with E-state index < -0.39 is 0 Å². The topological polar surface area (TPSA) is 17.1 Å². The molecule has 0 amide bonds. The molecule has 0 aliphatic rings. The van der Waals surface area contributed by atoms with Gasteiger partial charge < -0.3 is 0 Å². The molecule has 2 aromatic carbocycles. The molecular formula is C14H10ClFO. The van der Waals surface area contributed by atoms with E-state index in [0.29, 0.717) is 21.7 Å². The van der Waals surface area contributed by atoms with E-state index in [-0.39, 0.29) is 5.82 Å². The van der Waals surface area contributed by atoms with Crippen LogP contribution in [0, 0.1) is 12.7 Å². The van der Waals surface area contributed by atoms with Crippen LogP contribution in [0.4, 0.5) is 4.39 Å². The number of aldehydes is 1. The zero-order valence-corrected chi connectivity index (χ0v) is 9.96. The van der Waals surface area contributed by atoms with Crippen molar-refractivity contribution in [1.29, 1.82) is 0 Å². The van der Waals surface area contributed by atoms with Crippen LogP contribution in [-0.2, 0) is 0 Å². The van der Waals surface area contributed by atoms with Gasteiger partial charge in [-0.15, -0.1) is 0 Å². The van der Waals surface area contributed by atoms with Gasteiger partial charge in [-0.1, -0.05) is 29.3 Å². The summed E-state index contributed by atoms with van der Waals surface area (Å²) >= 11 is 5.84. The van der Waals surface area contributed by atoms with Crippen molar-refractivity contribution in [3.8, 4) is 11.1 Å². The van der Waals surface area contributed by atoms with Crippen LogP contribution in [0.2, 0.25) is 5.02 Å². The molecule has 0 fully saturated rings. The first-order valence-corrected chi connectivity index (χ1v) is 5.51. The fourth-order valence-corrected chi connectivity index (χ4v) is 1.90. The van der Waals surface area contributed by atoms with E-state index in [4.69, 9.17) is 11.6 Å². The third-order valence-electron chi connectivity index (χ3n) is 2.55. The van der Waals surface area contributed by atoms with Crippen LogP contribution in [-0.4, -0.2) is 6.29 Å². The van der Waals surface area contributed by atoms with E-state index >= 15 is 0 Å². The van der Waals surface area contributed by atoms with E-state index in [0.717, 1.165) is 11.8 Å². The number of halogens is 2. The summed E-state index contributed by atoms with van der Waals surface area (Å²) in [5.41, 5.74) is 2.33. The molecule has 86 valence electrons. The van der Waals surface area contributed by atoms with E-state index in [1.165, 1.54) is 18.2 Å². The Morgan fingerprint density at radius 3 is 2.59 bits per heavy atom. The molecule has 2 aromatic rings. The maximum atomic E-state index is 13.7. The summed E-state index contributed by atoms with van der Waals surface area (Å²) in [4.78, 5) is 11.0. The minimum absolute atomic E-state index is 0.347. The summed E-state index contributed by atoms with van der Waals surface area (Å²) in [5.74, 6) is -0.388. The normalized spacial score (nSPS) is 10.3. The lowest BCUT2D eigenvalue weighted by atomic mass is 9.98. The summed E-state index contributed by atoms with van der Waals surface area (Å²) in [6.07, 6.45) is 0.725. The number of hydrogen-bond acceptors (Lipinski definition) is 1. The van der Waals surface area contributed by atoms with Crippen LogP contribution in [0.3, 0.4) is 0 Å². The van der Waals surface area contributed by atoms with Crippen LogP contribution >= 0.6 is 11.6 Å². The summed E-state index contributed by atoms with van der Waals surface area (Å²) in [5, 5.41) is 0.443. The van der Waals surface area contributed by atoms with Gasteiger partial charge in [-0.25, -0.2) is 4.39 Å². The van der Waals surface area contributed by atoms with Crippen molar-refractivity contribution in [3.63, 3.8) is 0 Å². The highest BCUT2D eigenvalue weighted by Crippen LogP contribution is 2.28. The molecule has 1 nitrogen and oxygen atoms in total. The largest absolute Gasteiger partial charge is 0.298 e. The maximum absolute atomic E-state index is 13.7. The van der Waals surface area contributed by atoms with E-state index in [1.807, 2.05) is 13.0 Å². The molecule has 17 heavy (non-hydrogen) atoms. The number of carbonyl (C=O) groups excluding carboxylic acids is 1. The van der Waals surface area contributed by atoms with E-state index in [2.05, 4.69) is 0 Å². The van der Waals surface area contributed by atoms with Crippen molar-refractivity contribution in [2.24, 2.45) is 0 Å². The first kappa shape index (κ1) is 11.8. The van der Waals surface area contributed by atoms with Crippen molar-refractivity contribution in [3.05, 3.63) is 58.4 Å². The Kier molecular flexibility index (Phi) is 3.25. The van der Waals surface area contributed by atoms with Crippen molar-refractivity contribution < 1.29 is 9.18 Å².